The summed E-state index contributed by atoms with van der Waals surface area (Å²) in [5, 5.41) is 11.2. The second kappa shape index (κ2) is 8.11. The van der Waals surface area contributed by atoms with E-state index >= 15 is 0 Å². The molecule has 0 radical (unpaired) electrons. The van der Waals surface area contributed by atoms with Crippen LogP contribution in [0, 0.1) is 17.8 Å². The number of amides is 1. The number of hydrogen-bond acceptors (Lipinski definition) is 4. The van der Waals surface area contributed by atoms with Gasteiger partial charge in [0.1, 0.15) is 11.5 Å². The minimum Gasteiger partial charge on any atom is -0.449 e. The van der Waals surface area contributed by atoms with Crippen LogP contribution in [0.1, 0.15) is 26.0 Å². The van der Waals surface area contributed by atoms with Crippen molar-refractivity contribution in [2.45, 2.75) is 20.3 Å². The molecule has 0 bridgehead atoms. The second-order valence-corrected chi connectivity index (χ2v) is 4.30. The molecule has 0 saturated carbocycles. The molecular formula is C14H18N2O3. The van der Waals surface area contributed by atoms with Gasteiger partial charge in [0.2, 0.25) is 0 Å². The summed E-state index contributed by atoms with van der Waals surface area (Å²) in [5.74, 6) is 6.24. The summed E-state index contributed by atoms with van der Waals surface area (Å²) in [4.78, 5) is 15.6. The third-order valence-corrected chi connectivity index (χ3v) is 1.98. The van der Waals surface area contributed by atoms with Gasteiger partial charge in [-0.05, 0) is 24.0 Å². The third kappa shape index (κ3) is 6.43. The smallest absolute Gasteiger partial charge is 0.412 e. The Morgan fingerprint density at radius 3 is 3.00 bits per heavy atom. The number of aliphatic hydroxyl groups excluding tert-OH is 1. The molecule has 0 saturated heterocycles. The first-order valence-corrected chi connectivity index (χ1v) is 6.12. The van der Waals surface area contributed by atoms with Gasteiger partial charge in [0.15, 0.2) is 0 Å². The number of carbonyl (C=O) groups is 1. The summed E-state index contributed by atoms with van der Waals surface area (Å²) < 4.78 is 4.99. The Morgan fingerprint density at radius 1 is 1.53 bits per heavy atom. The van der Waals surface area contributed by atoms with Crippen molar-refractivity contribution in [2.75, 3.05) is 18.5 Å². The molecule has 1 aromatic rings. The summed E-state index contributed by atoms with van der Waals surface area (Å²) in [6.07, 6.45) is -0.128. The van der Waals surface area contributed by atoms with Gasteiger partial charge in [-0.3, -0.25) is 5.32 Å². The molecule has 1 amide bonds. The van der Waals surface area contributed by atoms with Gasteiger partial charge in [0, 0.05) is 6.42 Å². The van der Waals surface area contributed by atoms with Gasteiger partial charge in [-0.2, -0.15) is 0 Å². The van der Waals surface area contributed by atoms with Crippen molar-refractivity contribution < 1.29 is 14.6 Å². The summed E-state index contributed by atoms with van der Waals surface area (Å²) in [5.41, 5.74) is 0.537. The molecule has 1 heterocycles. The average molecular weight is 262 g/mol. The minimum atomic E-state index is -0.526. The highest BCUT2D eigenvalue weighted by Gasteiger charge is 2.05. The van der Waals surface area contributed by atoms with Crippen LogP contribution in [0.15, 0.2) is 18.2 Å². The molecule has 1 aromatic heterocycles. The van der Waals surface area contributed by atoms with Gasteiger partial charge in [0.05, 0.1) is 13.2 Å². The summed E-state index contributed by atoms with van der Waals surface area (Å²) in [7, 11) is 0. The monoisotopic (exact) mass is 262 g/mol. The molecule has 102 valence electrons. The number of ether oxygens (including phenoxy) is 1. The highest BCUT2D eigenvalue weighted by molar-refractivity contribution is 5.83. The first-order chi connectivity index (χ1) is 9.11. The number of nitrogens with one attached hydrogen (secondary N) is 1. The minimum absolute atomic E-state index is 0.0203. The van der Waals surface area contributed by atoms with Gasteiger partial charge in [-0.15, -0.1) is 0 Å². The maximum atomic E-state index is 11.4. The van der Waals surface area contributed by atoms with Crippen LogP contribution in [-0.4, -0.2) is 29.4 Å². The zero-order valence-electron chi connectivity index (χ0n) is 11.1. The van der Waals surface area contributed by atoms with Crippen molar-refractivity contribution in [3.8, 4) is 11.8 Å². The molecule has 2 N–H and O–H groups in total. The van der Waals surface area contributed by atoms with Gasteiger partial charge in [-0.25, -0.2) is 9.78 Å². The molecule has 0 atom stereocenters. The number of aliphatic hydroxyl groups is 1. The molecule has 1 rings (SSSR count). The van der Waals surface area contributed by atoms with E-state index in [1.807, 2.05) is 13.8 Å². The SMILES string of the molecule is CC(C)COC(=O)Nc1cccc(C#CCCO)n1. The van der Waals surface area contributed by atoms with E-state index in [1.165, 1.54) is 0 Å². The highest BCUT2D eigenvalue weighted by atomic mass is 16.5. The van der Waals surface area contributed by atoms with E-state index in [0.717, 1.165) is 0 Å². The Hall–Kier alpha value is -2.06. The van der Waals surface area contributed by atoms with E-state index in [4.69, 9.17) is 9.84 Å². The van der Waals surface area contributed by atoms with Gasteiger partial charge in [-0.1, -0.05) is 25.8 Å². The lowest BCUT2D eigenvalue weighted by Crippen LogP contribution is -2.17. The van der Waals surface area contributed by atoms with Crippen LogP contribution in [0.3, 0.4) is 0 Å². The van der Waals surface area contributed by atoms with Crippen LogP contribution in [0.5, 0.6) is 0 Å². The fourth-order valence-corrected chi connectivity index (χ4v) is 1.17. The van der Waals surface area contributed by atoms with E-state index in [2.05, 4.69) is 22.1 Å². The molecule has 5 heteroatoms. The Bertz CT molecular complexity index is 475. The number of carbonyl (C=O) groups excluding carboxylic acids is 1. The van der Waals surface area contributed by atoms with E-state index in [9.17, 15) is 4.79 Å². The first-order valence-electron chi connectivity index (χ1n) is 6.12. The number of rotatable bonds is 4. The molecule has 0 aliphatic carbocycles. The standard InChI is InChI=1S/C14H18N2O3/c1-11(2)10-19-14(18)16-13-8-5-7-12(15-13)6-3-4-9-17/h5,7-8,11,17H,4,9-10H2,1-2H3,(H,15,16,18). The first kappa shape index (κ1) is 15.0. The molecular weight excluding hydrogens is 244 g/mol. The number of hydrogen-bond donors (Lipinski definition) is 2. The van der Waals surface area contributed by atoms with Gasteiger partial charge < -0.3 is 9.84 Å². The molecule has 0 aromatic carbocycles. The Labute approximate surface area is 113 Å². The van der Waals surface area contributed by atoms with Crippen molar-refractivity contribution in [3.63, 3.8) is 0 Å². The lowest BCUT2D eigenvalue weighted by atomic mass is 10.2. The summed E-state index contributed by atoms with van der Waals surface area (Å²) in [6.45, 7) is 4.31. The number of aromatic nitrogens is 1. The lowest BCUT2D eigenvalue weighted by Gasteiger charge is -2.08. The largest absolute Gasteiger partial charge is 0.449 e. The number of pyridine rings is 1. The Morgan fingerprint density at radius 2 is 2.32 bits per heavy atom. The van der Waals surface area contributed by atoms with E-state index in [-0.39, 0.29) is 12.5 Å². The summed E-state index contributed by atoms with van der Waals surface area (Å²) >= 11 is 0. The maximum Gasteiger partial charge on any atom is 0.412 e. The highest BCUT2D eigenvalue weighted by Crippen LogP contribution is 2.05. The van der Waals surface area contributed by atoms with Crippen molar-refractivity contribution in [1.29, 1.82) is 0 Å². The van der Waals surface area contributed by atoms with Crippen LogP contribution in [0.25, 0.3) is 0 Å². The van der Waals surface area contributed by atoms with Crippen molar-refractivity contribution >= 4 is 11.9 Å². The predicted molar refractivity (Wildman–Crippen MR) is 72.6 cm³/mol. The molecule has 0 spiro atoms. The van der Waals surface area contributed by atoms with Crippen molar-refractivity contribution in [2.24, 2.45) is 5.92 Å². The van der Waals surface area contributed by atoms with E-state index in [0.29, 0.717) is 24.5 Å². The lowest BCUT2D eigenvalue weighted by molar-refractivity contribution is 0.147. The zero-order chi connectivity index (χ0) is 14.1. The second-order valence-electron chi connectivity index (χ2n) is 4.30. The Balaban J connectivity index is 2.57. The quantitative estimate of drug-likeness (QED) is 0.814. The Kier molecular flexibility index (Phi) is 6.41. The van der Waals surface area contributed by atoms with Crippen LogP contribution in [0.4, 0.5) is 10.6 Å². The van der Waals surface area contributed by atoms with Crippen LogP contribution >= 0.6 is 0 Å². The number of anilines is 1. The molecule has 0 aliphatic rings. The fourth-order valence-electron chi connectivity index (χ4n) is 1.17. The number of nitrogens with zero attached hydrogens (tertiary/aromatic N) is 1. The van der Waals surface area contributed by atoms with Crippen LogP contribution in [-0.2, 0) is 4.74 Å². The normalized spacial score (nSPS) is 9.68. The summed E-state index contributed by atoms with van der Waals surface area (Å²) in [6, 6.07) is 5.14. The zero-order valence-corrected chi connectivity index (χ0v) is 11.1. The molecule has 0 unspecified atom stereocenters. The molecule has 19 heavy (non-hydrogen) atoms. The third-order valence-electron chi connectivity index (χ3n) is 1.98. The molecule has 0 fully saturated rings. The van der Waals surface area contributed by atoms with Crippen LogP contribution in [0.2, 0.25) is 0 Å². The molecule has 0 aliphatic heterocycles. The van der Waals surface area contributed by atoms with E-state index < -0.39 is 6.09 Å². The van der Waals surface area contributed by atoms with Gasteiger partial charge >= 0.3 is 6.09 Å². The van der Waals surface area contributed by atoms with Crippen LogP contribution < -0.4 is 5.32 Å². The molecule has 5 nitrogen and oxygen atoms in total. The van der Waals surface area contributed by atoms with Gasteiger partial charge in [0.25, 0.3) is 0 Å². The topological polar surface area (TPSA) is 71.5 Å². The fraction of sp³-hybridized carbons (Fsp3) is 0.429. The predicted octanol–water partition coefficient (Wildman–Crippen LogP) is 2.02. The van der Waals surface area contributed by atoms with Crippen molar-refractivity contribution in [3.05, 3.63) is 23.9 Å². The maximum absolute atomic E-state index is 11.4. The van der Waals surface area contributed by atoms with Crippen molar-refractivity contribution in [1.82, 2.24) is 4.98 Å². The van der Waals surface area contributed by atoms with E-state index in [1.54, 1.807) is 18.2 Å². The average Bonchev–Trinajstić information content (AvgIpc) is 2.37.